The third kappa shape index (κ3) is 4.98. The summed E-state index contributed by atoms with van der Waals surface area (Å²) in [6.07, 6.45) is -5.05. The molecule has 0 saturated heterocycles. The summed E-state index contributed by atoms with van der Waals surface area (Å²) in [4.78, 5) is 15.4. The molecular formula is C16H16F5NO6S2. The summed E-state index contributed by atoms with van der Waals surface area (Å²) >= 11 is 0.187. The highest BCUT2D eigenvalue weighted by Crippen LogP contribution is 2.45. The van der Waals surface area contributed by atoms with Crippen LogP contribution in [0.2, 0.25) is 0 Å². The minimum Gasteiger partial charge on any atom is -0.479 e. The van der Waals surface area contributed by atoms with Crippen molar-refractivity contribution in [1.29, 1.82) is 0 Å². The maximum Gasteiger partial charge on any atom is 0.534 e. The number of carboxylic acid groups (broad SMARTS) is 1. The van der Waals surface area contributed by atoms with Gasteiger partial charge in [-0.15, -0.1) is 11.3 Å². The maximum absolute atomic E-state index is 13.1. The van der Waals surface area contributed by atoms with E-state index in [4.69, 9.17) is 4.74 Å². The van der Waals surface area contributed by atoms with Gasteiger partial charge in [0.25, 0.3) is 6.43 Å². The molecule has 14 heteroatoms. The van der Waals surface area contributed by atoms with E-state index in [1.54, 1.807) is 0 Å². The van der Waals surface area contributed by atoms with Crippen LogP contribution in [0.5, 0.6) is 5.75 Å². The molecule has 1 N–H and O–H groups in total. The van der Waals surface area contributed by atoms with Gasteiger partial charge in [0.1, 0.15) is 0 Å². The number of benzene rings is 1. The topological polar surface area (TPSA) is 103 Å². The molecule has 0 aliphatic carbocycles. The predicted molar refractivity (Wildman–Crippen MR) is 96.1 cm³/mol. The molecule has 1 atom stereocenters. The van der Waals surface area contributed by atoms with Gasteiger partial charge in [-0.3, -0.25) is 0 Å². The number of hydrogen-bond acceptors (Lipinski definition) is 7. The molecule has 0 unspecified atom stereocenters. The summed E-state index contributed by atoms with van der Waals surface area (Å²) in [5.74, 6) is -2.72. The number of aryl methyl sites for hydroxylation is 1. The Morgan fingerprint density at radius 3 is 2.23 bits per heavy atom. The molecule has 0 aliphatic heterocycles. The van der Waals surface area contributed by atoms with Crippen LogP contribution in [0.25, 0.3) is 10.2 Å². The average molecular weight is 477 g/mol. The third-order valence-corrected chi connectivity index (χ3v) is 5.55. The number of alkyl halides is 5. The first-order chi connectivity index (χ1) is 13.4. The van der Waals surface area contributed by atoms with E-state index in [2.05, 4.69) is 9.17 Å². The van der Waals surface area contributed by atoms with Crippen molar-refractivity contribution in [1.82, 2.24) is 4.98 Å². The largest absolute Gasteiger partial charge is 0.534 e. The zero-order valence-electron chi connectivity index (χ0n) is 15.9. The van der Waals surface area contributed by atoms with Crippen LogP contribution in [0.1, 0.15) is 49.4 Å². The van der Waals surface area contributed by atoms with Crippen LogP contribution in [0.3, 0.4) is 0 Å². The SMILES string of the molecule is Cc1cc2nc(C(F)F)sc2c(OS(=O)(=O)C(F)(F)F)c1[C@H](OC(C)(C)C)C(=O)O. The Morgan fingerprint density at radius 2 is 1.80 bits per heavy atom. The summed E-state index contributed by atoms with van der Waals surface area (Å²) in [5, 5.41) is 8.77. The van der Waals surface area contributed by atoms with Gasteiger partial charge in [-0.25, -0.2) is 18.6 Å². The number of aromatic nitrogens is 1. The molecule has 0 amide bonds. The van der Waals surface area contributed by atoms with Gasteiger partial charge in [-0.1, -0.05) is 0 Å². The van der Waals surface area contributed by atoms with Crippen LogP contribution >= 0.6 is 11.3 Å². The molecule has 7 nitrogen and oxygen atoms in total. The number of ether oxygens (including phenoxy) is 1. The lowest BCUT2D eigenvalue weighted by Gasteiger charge is -2.27. The van der Waals surface area contributed by atoms with Gasteiger partial charge in [-0.05, 0) is 39.3 Å². The minimum atomic E-state index is -6.25. The van der Waals surface area contributed by atoms with Crippen molar-refractivity contribution in [2.24, 2.45) is 0 Å². The molecule has 2 rings (SSSR count). The van der Waals surface area contributed by atoms with E-state index in [-0.39, 0.29) is 22.4 Å². The van der Waals surface area contributed by atoms with Gasteiger partial charge in [-0.2, -0.15) is 21.6 Å². The normalized spacial score (nSPS) is 14.3. The second kappa shape index (κ2) is 7.89. The monoisotopic (exact) mass is 477 g/mol. The second-order valence-corrected chi connectivity index (χ2v) is 9.64. The fourth-order valence-corrected chi connectivity index (χ4v) is 3.87. The van der Waals surface area contributed by atoms with Crippen LogP contribution in [-0.4, -0.2) is 35.6 Å². The molecule has 1 heterocycles. The van der Waals surface area contributed by atoms with E-state index >= 15 is 0 Å². The highest BCUT2D eigenvalue weighted by atomic mass is 32.2. The van der Waals surface area contributed by atoms with Crippen molar-refractivity contribution >= 4 is 37.6 Å². The predicted octanol–water partition coefficient (Wildman–Crippen LogP) is 4.71. The van der Waals surface area contributed by atoms with Crippen molar-refractivity contribution < 1.29 is 49.2 Å². The molecule has 0 bridgehead atoms. The summed E-state index contributed by atoms with van der Waals surface area (Å²) in [6.45, 7) is 5.63. The van der Waals surface area contributed by atoms with Gasteiger partial charge < -0.3 is 14.0 Å². The molecule has 1 aromatic carbocycles. The number of carboxylic acids is 1. The van der Waals surface area contributed by atoms with Crippen molar-refractivity contribution in [3.05, 3.63) is 22.2 Å². The summed E-state index contributed by atoms with van der Waals surface area (Å²) in [6, 6.07) is 1.14. The second-order valence-electron chi connectivity index (χ2n) is 7.07. The van der Waals surface area contributed by atoms with E-state index in [1.165, 1.54) is 27.7 Å². The fraction of sp³-hybridized carbons (Fsp3) is 0.500. The fourth-order valence-electron chi connectivity index (χ4n) is 2.44. The van der Waals surface area contributed by atoms with Crippen LogP contribution in [0, 0.1) is 6.92 Å². The Hall–Kier alpha value is -2.06. The molecule has 2 aromatic rings. The first kappa shape index (κ1) is 24.2. The smallest absolute Gasteiger partial charge is 0.479 e. The Morgan fingerprint density at radius 1 is 1.23 bits per heavy atom. The number of hydrogen-bond donors (Lipinski definition) is 1. The van der Waals surface area contributed by atoms with E-state index in [1.807, 2.05) is 0 Å². The van der Waals surface area contributed by atoms with Crippen LogP contribution < -0.4 is 4.18 Å². The highest BCUT2D eigenvalue weighted by molar-refractivity contribution is 7.88. The zero-order chi connectivity index (χ0) is 23.2. The van der Waals surface area contributed by atoms with Crippen LogP contribution in [-0.2, 0) is 19.6 Å². The molecule has 1 aromatic heterocycles. The van der Waals surface area contributed by atoms with Crippen molar-refractivity contribution in [3.8, 4) is 5.75 Å². The van der Waals surface area contributed by atoms with E-state index in [0.717, 1.165) is 6.07 Å². The van der Waals surface area contributed by atoms with E-state index in [9.17, 15) is 40.3 Å². The quantitative estimate of drug-likeness (QED) is 0.365. The lowest BCUT2D eigenvalue weighted by atomic mass is 10.0. The first-order valence-corrected chi connectivity index (χ1v) is 10.3. The molecule has 0 spiro atoms. The number of fused-ring (bicyclic) bond motifs is 1. The number of thiazole rings is 1. The Balaban J connectivity index is 2.89. The van der Waals surface area contributed by atoms with Crippen molar-refractivity contribution in [3.63, 3.8) is 0 Å². The van der Waals surface area contributed by atoms with Gasteiger partial charge in [0.2, 0.25) is 0 Å². The number of rotatable bonds is 6. The summed E-state index contributed by atoms with van der Waals surface area (Å²) < 4.78 is 97.4. The van der Waals surface area contributed by atoms with Crippen molar-refractivity contribution in [2.45, 2.75) is 51.3 Å². The van der Waals surface area contributed by atoms with Gasteiger partial charge in [0.15, 0.2) is 16.9 Å². The molecule has 0 radical (unpaired) electrons. The van der Waals surface area contributed by atoms with Crippen LogP contribution in [0.15, 0.2) is 6.07 Å². The summed E-state index contributed by atoms with van der Waals surface area (Å²) in [7, 11) is -6.25. The Labute approximate surface area is 171 Å². The van der Waals surface area contributed by atoms with Gasteiger partial charge in [0.05, 0.1) is 15.8 Å². The van der Waals surface area contributed by atoms with Gasteiger partial charge in [0, 0.05) is 5.56 Å². The average Bonchev–Trinajstić information content (AvgIpc) is 2.95. The number of nitrogens with zero attached hydrogens (tertiary/aromatic N) is 1. The van der Waals surface area contributed by atoms with Gasteiger partial charge >= 0.3 is 21.6 Å². The molecule has 168 valence electrons. The number of aliphatic carboxylic acids is 1. The van der Waals surface area contributed by atoms with Crippen molar-refractivity contribution in [2.75, 3.05) is 0 Å². The highest BCUT2D eigenvalue weighted by Gasteiger charge is 2.49. The minimum absolute atomic E-state index is 0.0716. The zero-order valence-corrected chi connectivity index (χ0v) is 17.5. The number of halogens is 5. The standard InChI is InChI=1S/C16H16F5NO6S2/c1-6-5-7-11(29-13(22-7)12(17)18)9(28-30(25,26)16(19,20)21)8(6)10(14(23)24)27-15(2,3)4/h5,10,12H,1-4H3,(H,23,24)/t10-/m0/s1. The molecule has 30 heavy (non-hydrogen) atoms. The molecule has 0 aliphatic rings. The molecule has 0 fully saturated rings. The van der Waals surface area contributed by atoms with E-state index < -0.39 is 60.7 Å². The lowest BCUT2D eigenvalue weighted by Crippen LogP contribution is -2.31. The van der Waals surface area contributed by atoms with Crippen LogP contribution in [0.4, 0.5) is 22.0 Å². The summed E-state index contributed by atoms with van der Waals surface area (Å²) in [5.41, 5.74) is -7.87. The number of carbonyl (C=O) groups is 1. The molecular weight excluding hydrogens is 461 g/mol. The van der Waals surface area contributed by atoms with E-state index in [0.29, 0.717) is 0 Å². The lowest BCUT2D eigenvalue weighted by molar-refractivity contribution is -0.160. The Bertz CT molecular complexity index is 1070. The maximum atomic E-state index is 13.1. The third-order valence-electron chi connectivity index (χ3n) is 3.52. The first-order valence-electron chi connectivity index (χ1n) is 8.08. The Kier molecular flexibility index (Phi) is 6.37. The molecule has 0 saturated carbocycles.